The number of fused-ring (bicyclic) bond motifs is 1. The van der Waals surface area contributed by atoms with Gasteiger partial charge in [0, 0.05) is 23.6 Å². The van der Waals surface area contributed by atoms with E-state index >= 15 is 0 Å². The molecule has 3 aliphatic rings. The molecule has 2 amide bonds. The fourth-order valence-electron chi connectivity index (χ4n) is 6.02. The number of unbranched alkanes of at least 4 members (excludes halogenated alkanes) is 1. The highest BCUT2D eigenvalue weighted by Gasteiger charge is 2.77. The van der Waals surface area contributed by atoms with E-state index in [1.807, 2.05) is 39.0 Å². The van der Waals surface area contributed by atoms with E-state index in [9.17, 15) is 19.5 Å². The van der Waals surface area contributed by atoms with E-state index in [-0.39, 0.29) is 31.0 Å². The number of rotatable bonds is 8. The summed E-state index contributed by atoms with van der Waals surface area (Å²) in [7, 11) is 0. The van der Waals surface area contributed by atoms with Crippen molar-refractivity contribution in [1.82, 2.24) is 4.90 Å². The minimum absolute atomic E-state index is 0.0359. The van der Waals surface area contributed by atoms with Crippen LogP contribution in [0.25, 0.3) is 0 Å². The fraction of sp³-hybridized carbons (Fsp3) is 0.640. The number of aryl methyl sites for hydroxylation is 2. The first-order chi connectivity index (χ1) is 15.7. The third kappa shape index (κ3) is 3.85. The maximum absolute atomic E-state index is 13.8. The van der Waals surface area contributed by atoms with E-state index in [1.54, 1.807) is 23.6 Å². The van der Waals surface area contributed by atoms with E-state index in [0.29, 0.717) is 25.8 Å². The molecule has 0 saturated carbocycles. The second-order valence-corrected chi connectivity index (χ2v) is 11.6. The molecule has 180 valence electrons. The van der Waals surface area contributed by atoms with E-state index in [2.05, 4.69) is 5.32 Å². The standard InChI is InChI=1S/C25H34N2O5S/c1-5-32-23(31)19-18-22(30)27(12-6-7-13-28)20(25(18)11-10-24(19,4)33-25)21(29)26-17-14-15(2)8-9-16(17)3/h8-9,14,18-20,28H,5-7,10-13H2,1-4H3,(H,26,29)/t18-,19-,20?,24+,25?/m0/s1. The number of thioether (sulfide) groups is 1. The maximum atomic E-state index is 13.8. The van der Waals surface area contributed by atoms with Gasteiger partial charge in [0.05, 0.1) is 23.2 Å². The molecule has 7 nitrogen and oxygen atoms in total. The molecule has 4 rings (SSSR count). The minimum Gasteiger partial charge on any atom is -0.466 e. The van der Waals surface area contributed by atoms with Gasteiger partial charge in [-0.15, -0.1) is 11.8 Å². The molecule has 2 N–H and O–H groups in total. The number of nitrogens with one attached hydrogen (secondary N) is 1. The molecular weight excluding hydrogens is 440 g/mol. The minimum atomic E-state index is -0.667. The predicted molar refractivity (Wildman–Crippen MR) is 128 cm³/mol. The third-order valence-corrected chi connectivity index (χ3v) is 9.51. The number of aliphatic hydroxyl groups excluding tert-OH is 1. The van der Waals surface area contributed by atoms with Gasteiger partial charge in [-0.3, -0.25) is 14.4 Å². The Balaban J connectivity index is 1.72. The molecule has 1 aromatic rings. The van der Waals surface area contributed by atoms with Gasteiger partial charge in [-0.05, 0) is 70.6 Å². The number of anilines is 1. The number of amides is 2. The topological polar surface area (TPSA) is 95.9 Å². The maximum Gasteiger partial charge on any atom is 0.311 e. The number of aliphatic hydroxyl groups is 1. The van der Waals surface area contributed by atoms with Crippen molar-refractivity contribution in [3.05, 3.63) is 29.3 Å². The van der Waals surface area contributed by atoms with Crippen molar-refractivity contribution >= 4 is 35.2 Å². The Morgan fingerprint density at radius 1 is 1.27 bits per heavy atom. The molecule has 2 bridgehead atoms. The van der Waals surface area contributed by atoms with Crippen molar-refractivity contribution in [3.8, 4) is 0 Å². The molecule has 3 aliphatic heterocycles. The number of hydrogen-bond donors (Lipinski definition) is 2. The van der Waals surface area contributed by atoms with Crippen LogP contribution in [-0.4, -0.2) is 63.1 Å². The summed E-state index contributed by atoms with van der Waals surface area (Å²) in [6.45, 7) is 8.42. The summed E-state index contributed by atoms with van der Waals surface area (Å²) in [6, 6.07) is 5.24. The first-order valence-corrected chi connectivity index (χ1v) is 12.7. The summed E-state index contributed by atoms with van der Waals surface area (Å²) < 4.78 is 4.33. The Kier molecular flexibility index (Phi) is 6.53. The molecule has 0 radical (unpaired) electrons. The van der Waals surface area contributed by atoms with Gasteiger partial charge < -0.3 is 20.1 Å². The monoisotopic (exact) mass is 474 g/mol. The molecule has 0 aliphatic carbocycles. The summed E-state index contributed by atoms with van der Waals surface area (Å²) in [5, 5.41) is 12.4. The SMILES string of the molecule is CCOC(=O)[C@@H]1[C@H]2C(=O)N(CCCCO)C(C(=O)Nc3cc(C)ccc3C)C23CC[C@@]1(C)S3. The zero-order chi connectivity index (χ0) is 24.0. The number of carbonyl (C=O) groups excluding carboxylic acids is 3. The smallest absolute Gasteiger partial charge is 0.311 e. The van der Waals surface area contributed by atoms with Crippen LogP contribution >= 0.6 is 11.8 Å². The van der Waals surface area contributed by atoms with Crippen molar-refractivity contribution in [2.45, 2.75) is 68.9 Å². The van der Waals surface area contributed by atoms with Crippen LogP contribution in [0.1, 0.15) is 50.7 Å². The van der Waals surface area contributed by atoms with Gasteiger partial charge >= 0.3 is 5.97 Å². The second kappa shape index (κ2) is 8.95. The van der Waals surface area contributed by atoms with Crippen LogP contribution < -0.4 is 5.32 Å². The van der Waals surface area contributed by atoms with Crippen LogP contribution in [0.3, 0.4) is 0 Å². The first kappa shape index (κ1) is 24.1. The highest BCUT2D eigenvalue weighted by atomic mass is 32.2. The van der Waals surface area contributed by atoms with Crippen molar-refractivity contribution in [1.29, 1.82) is 0 Å². The average molecular weight is 475 g/mol. The van der Waals surface area contributed by atoms with Gasteiger partial charge in [-0.25, -0.2) is 0 Å². The molecule has 3 heterocycles. The lowest BCUT2D eigenvalue weighted by atomic mass is 9.66. The Morgan fingerprint density at radius 3 is 2.73 bits per heavy atom. The number of hydrogen-bond acceptors (Lipinski definition) is 6. The fourth-order valence-corrected chi connectivity index (χ4v) is 8.37. The van der Waals surface area contributed by atoms with Crippen LogP contribution in [0.4, 0.5) is 5.69 Å². The van der Waals surface area contributed by atoms with Crippen molar-refractivity contribution in [3.63, 3.8) is 0 Å². The number of nitrogens with zero attached hydrogens (tertiary/aromatic N) is 1. The van der Waals surface area contributed by atoms with Crippen LogP contribution in [0.5, 0.6) is 0 Å². The van der Waals surface area contributed by atoms with Crippen LogP contribution in [0, 0.1) is 25.7 Å². The summed E-state index contributed by atoms with van der Waals surface area (Å²) >= 11 is 1.64. The zero-order valence-electron chi connectivity index (χ0n) is 19.8. The molecular formula is C25H34N2O5S. The first-order valence-electron chi connectivity index (χ1n) is 11.8. The molecule has 5 atom stereocenters. The Morgan fingerprint density at radius 2 is 2.03 bits per heavy atom. The van der Waals surface area contributed by atoms with E-state index in [1.165, 1.54) is 0 Å². The second-order valence-electron chi connectivity index (χ2n) is 9.75. The third-order valence-electron chi connectivity index (χ3n) is 7.52. The van der Waals surface area contributed by atoms with Crippen molar-refractivity contribution < 1.29 is 24.2 Å². The van der Waals surface area contributed by atoms with E-state index < -0.39 is 27.4 Å². The summed E-state index contributed by atoms with van der Waals surface area (Å²) in [5.74, 6) is -1.79. The predicted octanol–water partition coefficient (Wildman–Crippen LogP) is 3.06. The number of likely N-dealkylation sites (tertiary alicyclic amines) is 1. The van der Waals surface area contributed by atoms with Gasteiger partial charge in [-0.1, -0.05) is 12.1 Å². The van der Waals surface area contributed by atoms with Gasteiger partial charge in [0.25, 0.3) is 0 Å². The number of benzene rings is 1. The van der Waals surface area contributed by atoms with Crippen molar-refractivity contribution in [2.24, 2.45) is 11.8 Å². The largest absolute Gasteiger partial charge is 0.466 e. The Bertz CT molecular complexity index is 968. The van der Waals surface area contributed by atoms with Gasteiger partial charge in [0.1, 0.15) is 6.04 Å². The van der Waals surface area contributed by atoms with Crippen LogP contribution in [0.2, 0.25) is 0 Å². The number of esters is 1. The van der Waals surface area contributed by atoms with Crippen LogP contribution in [-0.2, 0) is 19.1 Å². The van der Waals surface area contributed by atoms with Gasteiger partial charge in [0.15, 0.2) is 0 Å². The van der Waals surface area contributed by atoms with Gasteiger partial charge in [-0.2, -0.15) is 0 Å². The van der Waals surface area contributed by atoms with Gasteiger partial charge in [0.2, 0.25) is 11.8 Å². The molecule has 3 saturated heterocycles. The Hall–Kier alpha value is -2.06. The molecule has 33 heavy (non-hydrogen) atoms. The normalized spacial score (nSPS) is 32.2. The summed E-state index contributed by atoms with van der Waals surface area (Å²) in [5.41, 5.74) is 2.74. The summed E-state index contributed by atoms with van der Waals surface area (Å²) in [6.07, 6.45) is 2.63. The number of ether oxygens (including phenoxy) is 1. The highest BCUT2D eigenvalue weighted by Crippen LogP contribution is 2.71. The lowest BCUT2D eigenvalue weighted by Crippen LogP contribution is -2.51. The average Bonchev–Trinajstić information content (AvgIpc) is 3.32. The zero-order valence-corrected chi connectivity index (χ0v) is 20.7. The highest BCUT2D eigenvalue weighted by molar-refractivity contribution is 8.02. The molecule has 0 aromatic heterocycles. The molecule has 1 aromatic carbocycles. The number of carbonyl (C=O) groups is 3. The molecule has 8 heteroatoms. The Labute approximate surface area is 199 Å². The van der Waals surface area contributed by atoms with Crippen molar-refractivity contribution in [2.75, 3.05) is 25.1 Å². The summed E-state index contributed by atoms with van der Waals surface area (Å²) in [4.78, 5) is 42.3. The molecule has 3 fully saturated rings. The lowest BCUT2D eigenvalue weighted by Gasteiger charge is -2.34. The molecule has 1 spiro atoms. The van der Waals surface area contributed by atoms with Crippen LogP contribution in [0.15, 0.2) is 18.2 Å². The molecule has 2 unspecified atom stereocenters. The quantitative estimate of drug-likeness (QED) is 0.444. The van der Waals surface area contributed by atoms with E-state index in [4.69, 9.17) is 4.74 Å². The van der Waals surface area contributed by atoms with E-state index in [0.717, 1.165) is 23.2 Å². The lowest BCUT2D eigenvalue weighted by molar-refractivity contribution is -0.155.